The van der Waals surface area contributed by atoms with Crippen molar-refractivity contribution in [2.45, 2.75) is 411 Å². The highest BCUT2D eigenvalue weighted by atomic mass is 16.5. The first-order valence-corrected chi connectivity index (χ1v) is 36.9. The number of rotatable bonds is 69. The van der Waals surface area contributed by atoms with E-state index in [1.165, 1.54) is 321 Å². The van der Waals surface area contributed by atoms with E-state index in [9.17, 15) is 19.8 Å². The van der Waals surface area contributed by atoms with E-state index in [-0.39, 0.29) is 18.5 Å². The molecule has 1 amide bonds. The third kappa shape index (κ3) is 67.0. The highest BCUT2D eigenvalue weighted by molar-refractivity contribution is 5.76. The number of aliphatic hydroxyl groups excluding tert-OH is 2. The van der Waals surface area contributed by atoms with Crippen LogP contribution >= 0.6 is 0 Å². The number of carbonyl (C=O) groups excluding carboxylic acids is 2. The summed E-state index contributed by atoms with van der Waals surface area (Å²) in [5.41, 5.74) is 0. The third-order valence-electron chi connectivity index (χ3n) is 17.1. The average Bonchev–Trinajstić information content (AvgIpc) is 3.48. The second-order valence-electron chi connectivity index (χ2n) is 25.3. The van der Waals surface area contributed by atoms with Gasteiger partial charge in [0.05, 0.1) is 25.4 Å². The Balaban J connectivity index is 3.43. The van der Waals surface area contributed by atoms with Gasteiger partial charge in [-0.05, 0) is 89.9 Å². The molecule has 6 nitrogen and oxygen atoms in total. The number of hydrogen-bond acceptors (Lipinski definition) is 5. The fourth-order valence-corrected chi connectivity index (χ4v) is 11.4. The Hall–Kier alpha value is -2.18. The summed E-state index contributed by atoms with van der Waals surface area (Å²) in [6.07, 6.45) is 93.4. The predicted molar refractivity (Wildman–Crippen MR) is 361 cm³/mol. The molecule has 82 heavy (non-hydrogen) atoms. The number of carbonyl (C=O) groups is 2. The van der Waals surface area contributed by atoms with Gasteiger partial charge in [0.2, 0.25) is 5.91 Å². The molecule has 0 radical (unpaired) electrons. The van der Waals surface area contributed by atoms with E-state index in [0.717, 1.165) is 51.4 Å². The number of amides is 1. The zero-order chi connectivity index (χ0) is 59.2. The minimum Gasteiger partial charge on any atom is -0.466 e. The quantitative estimate of drug-likeness (QED) is 0.0320. The maximum absolute atomic E-state index is 12.5. The molecule has 2 atom stereocenters. The van der Waals surface area contributed by atoms with Gasteiger partial charge < -0.3 is 20.3 Å². The lowest BCUT2D eigenvalue weighted by Crippen LogP contribution is -2.45. The molecule has 3 N–H and O–H groups in total. The van der Waals surface area contributed by atoms with Crippen molar-refractivity contribution < 1.29 is 24.5 Å². The van der Waals surface area contributed by atoms with Gasteiger partial charge in [-0.3, -0.25) is 9.59 Å². The summed E-state index contributed by atoms with van der Waals surface area (Å²) in [6.45, 7) is 4.93. The van der Waals surface area contributed by atoms with Gasteiger partial charge in [0.1, 0.15) is 0 Å². The molecule has 0 bridgehead atoms. The van der Waals surface area contributed by atoms with E-state index in [0.29, 0.717) is 19.4 Å². The summed E-state index contributed by atoms with van der Waals surface area (Å²) < 4.78 is 5.50. The Kier molecular flexibility index (Phi) is 69.4. The van der Waals surface area contributed by atoms with E-state index >= 15 is 0 Å². The van der Waals surface area contributed by atoms with Crippen LogP contribution < -0.4 is 5.32 Å². The lowest BCUT2D eigenvalue weighted by atomic mass is 10.0. The molecule has 2 unspecified atom stereocenters. The first-order valence-electron chi connectivity index (χ1n) is 36.9. The smallest absolute Gasteiger partial charge is 0.305 e. The Morgan fingerprint density at radius 3 is 0.939 bits per heavy atom. The predicted octanol–water partition coefficient (Wildman–Crippen LogP) is 24.0. The van der Waals surface area contributed by atoms with Gasteiger partial charge in [0, 0.05) is 12.8 Å². The minimum atomic E-state index is -0.848. The van der Waals surface area contributed by atoms with Crippen LogP contribution in [0.15, 0.2) is 48.6 Å². The molecule has 0 fully saturated rings. The van der Waals surface area contributed by atoms with Gasteiger partial charge >= 0.3 is 5.97 Å². The second-order valence-corrected chi connectivity index (χ2v) is 25.3. The number of ether oxygens (including phenoxy) is 1. The van der Waals surface area contributed by atoms with Crippen LogP contribution in [0.3, 0.4) is 0 Å². The van der Waals surface area contributed by atoms with Gasteiger partial charge in [-0.25, -0.2) is 0 Å². The summed E-state index contributed by atoms with van der Waals surface area (Å²) in [5, 5.41) is 23.2. The Morgan fingerprint density at radius 1 is 0.341 bits per heavy atom. The van der Waals surface area contributed by atoms with E-state index < -0.39 is 12.1 Å². The second kappa shape index (κ2) is 71.3. The average molecular weight is 1150 g/mol. The van der Waals surface area contributed by atoms with Crippen LogP contribution in [-0.4, -0.2) is 47.4 Å². The zero-order valence-electron chi connectivity index (χ0n) is 55.2. The minimum absolute atomic E-state index is 0.00772. The van der Waals surface area contributed by atoms with Crippen molar-refractivity contribution in [2.24, 2.45) is 0 Å². The fraction of sp³-hybridized carbons (Fsp3) is 0.868. The maximum Gasteiger partial charge on any atom is 0.305 e. The summed E-state index contributed by atoms with van der Waals surface area (Å²) >= 11 is 0. The molecular formula is C76H143NO5. The van der Waals surface area contributed by atoms with Crippen LogP contribution in [0.5, 0.6) is 0 Å². The third-order valence-corrected chi connectivity index (χ3v) is 17.1. The summed E-state index contributed by atoms with van der Waals surface area (Å²) in [6, 6.07) is -0.632. The molecule has 482 valence electrons. The van der Waals surface area contributed by atoms with E-state index in [1.54, 1.807) is 6.08 Å². The Morgan fingerprint density at radius 2 is 0.610 bits per heavy atom. The van der Waals surface area contributed by atoms with E-state index in [4.69, 9.17) is 4.74 Å². The number of nitrogens with one attached hydrogen (secondary N) is 1. The number of unbranched alkanes of at least 4 members (excludes halogenated alkanes) is 52. The lowest BCUT2D eigenvalue weighted by Gasteiger charge is -2.20. The monoisotopic (exact) mass is 1150 g/mol. The highest BCUT2D eigenvalue weighted by Gasteiger charge is 2.18. The van der Waals surface area contributed by atoms with Gasteiger partial charge in [-0.15, -0.1) is 0 Å². The number of hydrogen-bond donors (Lipinski definition) is 3. The molecule has 0 saturated heterocycles. The van der Waals surface area contributed by atoms with Crippen LogP contribution in [0, 0.1) is 0 Å². The van der Waals surface area contributed by atoms with Gasteiger partial charge in [0.15, 0.2) is 0 Å². The highest BCUT2D eigenvalue weighted by Crippen LogP contribution is 2.18. The normalized spacial score (nSPS) is 12.8. The van der Waals surface area contributed by atoms with Crippen molar-refractivity contribution in [1.82, 2.24) is 5.32 Å². The summed E-state index contributed by atoms with van der Waals surface area (Å²) in [4.78, 5) is 24.6. The molecule has 6 heteroatoms. The molecule has 0 rings (SSSR count). The molecule has 0 spiro atoms. The molecule has 0 aliphatic carbocycles. The summed E-state index contributed by atoms with van der Waals surface area (Å²) in [7, 11) is 0. The van der Waals surface area contributed by atoms with Gasteiger partial charge in [-0.2, -0.15) is 0 Å². The molecule has 0 aliphatic heterocycles. The van der Waals surface area contributed by atoms with Crippen LogP contribution in [0.1, 0.15) is 399 Å². The van der Waals surface area contributed by atoms with Crippen LogP contribution in [0.25, 0.3) is 0 Å². The van der Waals surface area contributed by atoms with Crippen molar-refractivity contribution in [3.63, 3.8) is 0 Å². The zero-order valence-corrected chi connectivity index (χ0v) is 55.2. The molecule has 0 aromatic carbocycles. The molecular weight excluding hydrogens is 1010 g/mol. The number of esters is 1. The van der Waals surface area contributed by atoms with Crippen molar-refractivity contribution >= 4 is 11.9 Å². The van der Waals surface area contributed by atoms with Crippen LogP contribution in [-0.2, 0) is 14.3 Å². The standard InChI is InChI=1S/C76H143NO5/c1-3-5-7-9-11-13-15-17-19-21-23-33-36-40-44-48-52-56-60-64-68-74(79)73(72-78)77-75(80)69-65-61-57-53-49-45-41-37-34-31-29-27-25-24-26-28-30-32-35-39-43-47-51-55-59-63-67-71-82-76(81)70-66-62-58-54-50-46-42-38-22-20-18-16-14-12-10-8-6-4-2/h20,22,24-25,28,30,64,68,73-74,78-79H,3-19,21,23,26-27,29,31-63,65-67,69-72H2,1-2H3,(H,77,80)/b22-20-,25-24-,30-28-,68-64+. The Bertz CT molecular complexity index is 1370. The van der Waals surface area contributed by atoms with Crippen LogP contribution in [0.2, 0.25) is 0 Å². The molecule has 0 aromatic heterocycles. The van der Waals surface area contributed by atoms with Crippen molar-refractivity contribution in [3.8, 4) is 0 Å². The number of allylic oxidation sites excluding steroid dienone is 7. The largest absolute Gasteiger partial charge is 0.466 e. The summed E-state index contributed by atoms with van der Waals surface area (Å²) in [5.74, 6) is -0.0604. The fourth-order valence-electron chi connectivity index (χ4n) is 11.4. The first-order chi connectivity index (χ1) is 40.5. The van der Waals surface area contributed by atoms with Crippen molar-refractivity contribution in [1.29, 1.82) is 0 Å². The molecule has 0 saturated carbocycles. The van der Waals surface area contributed by atoms with Crippen LogP contribution in [0.4, 0.5) is 0 Å². The Labute approximate surface area is 512 Å². The van der Waals surface area contributed by atoms with E-state index in [2.05, 4.69) is 55.6 Å². The topological polar surface area (TPSA) is 95.9 Å². The molecule has 0 heterocycles. The lowest BCUT2D eigenvalue weighted by molar-refractivity contribution is -0.143. The maximum atomic E-state index is 12.5. The molecule has 0 aromatic rings. The molecule has 0 aliphatic rings. The van der Waals surface area contributed by atoms with Crippen molar-refractivity contribution in [2.75, 3.05) is 13.2 Å². The van der Waals surface area contributed by atoms with Crippen molar-refractivity contribution in [3.05, 3.63) is 48.6 Å². The van der Waals surface area contributed by atoms with Gasteiger partial charge in [-0.1, -0.05) is 345 Å². The number of aliphatic hydroxyl groups is 2. The SMILES string of the molecule is CCCCCCCCC/C=C\CCCCCCCCCC(=O)OCCCCCCCCCCC/C=C\C/C=C\CCCCCCCCCCCCCC(=O)NC(CO)C(O)/C=C/CCCCCCCCCCCCCCCCCCCC. The van der Waals surface area contributed by atoms with E-state index in [1.807, 2.05) is 6.08 Å². The first kappa shape index (κ1) is 79.8. The van der Waals surface area contributed by atoms with Gasteiger partial charge in [0.25, 0.3) is 0 Å².